The maximum Gasteiger partial charge on any atom is 0.331 e. The number of rotatable bonds is 10. The Morgan fingerprint density at radius 3 is 1.52 bits per heavy atom. The largest absolute Gasteiger partial charge is 0.478 e. The van der Waals surface area contributed by atoms with E-state index in [1.165, 1.54) is 6.92 Å². The molecule has 216 valence electrons. The van der Waals surface area contributed by atoms with E-state index in [1.807, 2.05) is 0 Å². The van der Waals surface area contributed by atoms with E-state index in [-0.39, 0.29) is 31.5 Å². The fraction of sp³-hybridized carbons (Fsp3) is 0.538. The van der Waals surface area contributed by atoms with Crippen molar-refractivity contribution in [2.75, 3.05) is 19.8 Å². The Kier molecular flexibility index (Phi) is 9.45. The standard InChI is InChI=1S/C26H28O14/c1-13(27)2-6-20(30)37-15-4-3-14-16(10-34-24(14)15)38-22(32)8-9-23(33)40-18-12-36-25-17(11-35-26(18)25)39-21(31)7-5-19(28)29/h2,5-9,14-18,24-26H,3-4,10-12H2,1H3,(H,28,29)/b6-2-,7-5-,9-8-/t14-,15-,16+,17+,18-,24+,25-,26-/m1/s1. The minimum Gasteiger partial charge on any atom is -0.478 e. The summed E-state index contributed by atoms with van der Waals surface area (Å²) in [7, 11) is 0. The summed E-state index contributed by atoms with van der Waals surface area (Å²) in [6, 6.07) is 0. The zero-order chi connectivity index (χ0) is 28.8. The summed E-state index contributed by atoms with van der Waals surface area (Å²) in [4.78, 5) is 69.7. The van der Waals surface area contributed by atoms with Crippen LogP contribution in [-0.4, -0.2) is 103 Å². The number of hydrogen-bond acceptors (Lipinski definition) is 13. The first kappa shape index (κ1) is 29.1. The second-order valence-electron chi connectivity index (χ2n) is 9.49. The Labute approximate surface area is 227 Å². The molecule has 4 rings (SSSR count). The van der Waals surface area contributed by atoms with Crippen molar-refractivity contribution < 1.29 is 67.0 Å². The van der Waals surface area contributed by atoms with E-state index in [4.69, 9.17) is 38.3 Å². The number of ketones is 1. The van der Waals surface area contributed by atoms with Gasteiger partial charge < -0.3 is 38.3 Å². The highest BCUT2D eigenvalue weighted by atomic mass is 16.7. The Hall–Kier alpha value is -3.88. The Morgan fingerprint density at radius 1 is 0.575 bits per heavy atom. The van der Waals surface area contributed by atoms with Crippen LogP contribution in [0.4, 0.5) is 0 Å². The van der Waals surface area contributed by atoms with Crippen LogP contribution in [0, 0.1) is 5.92 Å². The lowest BCUT2D eigenvalue weighted by Crippen LogP contribution is -2.35. The van der Waals surface area contributed by atoms with Gasteiger partial charge in [0.05, 0.1) is 19.8 Å². The van der Waals surface area contributed by atoms with Gasteiger partial charge in [-0.2, -0.15) is 0 Å². The molecule has 3 aliphatic heterocycles. The van der Waals surface area contributed by atoms with Gasteiger partial charge in [-0.25, -0.2) is 24.0 Å². The van der Waals surface area contributed by atoms with Crippen molar-refractivity contribution in [1.82, 2.24) is 0 Å². The summed E-state index contributed by atoms with van der Waals surface area (Å²) < 4.78 is 38.0. The van der Waals surface area contributed by atoms with Crippen LogP contribution >= 0.6 is 0 Å². The van der Waals surface area contributed by atoms with Crippen LogP contribution in [0.2, 0.25) is 0 Å². The number of allylic oxidation sites excluding steroid dienone is 1. The molecule has 0 unspecified atom stereocenters. The Morgan fingerprint density at radius 2 is 1.00 bits per heavy atom. The fourth-order valence-corrected chi connectivity index (χ4v) is 5.01. The highest BCUT2D eigenvalue weighted by Gasteiger charge is 2.51. The SMILES string of the molecule is CC(=O)/C=C\C(=O)O[C@@H]1CC[C@H]2[C@@H]1OC[C@@H]2OC(=O)/C=C\C(=O)O[C@@H]1CO[C@H]2[C@@H]1OC[C@@H]2OC(=O)/C=C\C(=O)O. The first-order valence-corrected chi connectivity index (χ1v) is 12.6. The number of carbonyl (C=O) groups is 6. The third-order valence-electron chi connectivity index (χ3n) is 6.71. The monoisotopic (exact) mass is 564 g/mol. The first-order chi connectivity index (χ1) is 19.1. The van der Waals surface area contributed by atoms with Gasteiger partial charge in [-0.3, -0.25) is 4.79 Å². The van der Waals surface area contributed by atoms with Gasteiger partial charge in [0, 0.05) is 36.3 Å². The van der Waals surface area contributed by atoms with Crippen molar-refractivity contribution in [1.29, 1.82) is 0 Å². The van der Waals surface area contributed by atoms with E-state index in [0.29, 0.717) is 18.9 Å². The maximum absolute atomic E-state index is 12.3. The van der Waals surface area contributed by atoms with Crippen molar-refractivity contribution in [2.24, 2.45) is 5.92 Å². The van der Waals surface area contributed by atoms with Gasteiger partial charge in [-0.05, 0) is 25.8 Å². The molecule has 3 saturated heterocycles. The molecule has 0 aromatic carbocycles. The van der Waals surface area contributed by atoms with E-state index >= 15 is 0 Å². The molecule has 14 nitrogen and oxygen atoms in total. The summed E-state index contributed by atoms with van der Waals surface area (Å²) >= 11 is 0. The lowest BCUT2D eigenvalue weighted by Gasteiger charge is -2.18. The molecular weight excluding hydrogens is 536 g/mol. The molecule has 1 N–H and O–H groups in total. The van der Waals surface area contributed by atoms with Gasteiger partial charge in [-0.1, -0.05) is 0 Å². The third kappa shape index (κ3) is 7.40. The van der Waals surface area contributed by atoms with Crippen LogP contribution in [0.15, 0.2) is 36.5 Å². The molecule has 1 aliphatic carbocycles. The minimum absolute atomic E-state index is 0.0288. The molecular formula is C26H28O14. The van der Waals surface area contributed by atoms with E-state index in [0.717, 1.165) is 30.4 Å². The van der Waals surface area contributed by atoms with E-state index in [2.05, 4.69) is 0 Å². The van der Waals surface area contributed by atoms with Crippen molar-refractivity contribution in [3.63, 3.8) is 0 Å². The predicted octanol–water partition coefficient (Wildman–Crippen LogP) is -0.418. The van der Waals surface area contributed by atoms with E-state index < -0.39 is 72.6 Å². The van der Waals surface area contributed by atoms with Crippen LogP contribution in [0.25, 0.3) is 0 Å². The van der Waals surface area contributed by atoms with Crippen LogP contribution < -0.4 is 0 Å². The predicted molar refractivity (Wildman–Crippen MR) is 127 cm³/mol. The maximum atomic E-state index is 12.3. The van der Waals surface area contributed by atoms with Crippen molar-refractivity contribution in [3.8, 4) is 0 Å². The average molecular weight is 564 g/mol. The Balaban J connectivity index is 1.20. The summed E-state index contributed by atoms with van der Waals surface area (Å²) in [5, 5.41) is 8.58. The van der Waals surface area contributed by atoms with Crippen LogP contribution in [0.1, 0.15) is 19.8 Å². The first-order valence-electron chi connectivity index (χ1n) is 12.6. The van der Waals surface area contributed by atoms with Crippen molar-refractivity contribution in [3.05, 3.63) is 36.5 Å². The van der Waals surface area contributed by atoms with E-state index in [1.54, 1.807) is 0 Å². The third-order valence-corrected chi connectivity index (χ3v) is 6.71. The van der Waals surface area contributed by atoms with E-state index in [9.17, 15) is 28.8 Å². The van der Waals surface area contributed by atoms with Gasteiger partial charge in [-0.15, -0.1) is 0 Å². The topological polar surface area (TPSA) is 187 Å². The highest BCUT2D eigenvalue weighted by molar-refractivity contribution is 5.94. The van der Waals surface area contributed by atoms with Gasteiger partial charge in [0.2, 0.25) is 0 Å². The fourth-order valence-electron chi connectivity index (χ4n) is 5.01. The molecule has 40 heavy (non-hydrogen) atoms. The van der Waals surface area contributed by atoms with Gasteiger partial charge >= 0.3 is 29.8 Å². The normalized spacial score (nSPS) is 32.7. The molecule has 14 heteroatoms. The second-order valence-corrected chi connectivity index (χ2v) is 9.49. The van der Waals surface area contributed by atoms with Gasteiger partial charge in [0.25, 0.3) is 0 Å². The average Bonchev–Trinajstić information content (AvgIpc) is 3.66. The molecule has 8 atom stereocenters. The zero-order valence-corrected chi connectivity index (χ0v) is 21.4. The zero-order valence-electron chi connectivity index (χ0n) is 21.4. The quantitative estimate of drug-likeness (QED) is 0.205. The van der Waals surface area contributed by atoms with Crippen LogP contribution in [0.3, 0.4) is 0 Å². The molecule has 0 aromatic rings. The van der Waals surface area contributed by atoms with Crippen molar-refractivity contribution in [2.45, 2.75) is 62.5 Å². The number of carboxylic acids is 1. The number of ether oxygens (including phenoxy) is 7. The summed E-state index contributed by atoms with van der Waals surface area (Å²) in [5.74, 6) is -4.93. The lowest BCUT2D eigenvalue weighted by molar-refractivity contribution is -0.150. The molecule has 0 amide bonds. The molecule has 1 saturated carbocycles. The molecule has 0 bridgehead atoms. The molecule has 4 fully saturated rings. The molecule has 0 aromatic heterocycles. The Bertz CT molecular complexity index is 1040. The highest BCUT2D eigenvalue weighted by Crippen LogP contribution is 2.39. The summed E-state index contributed by atoms with van der Waals surface area (Å²) in [6.45, 7) is 1.36. The molecule has 4 aliphatic rings. The van der Waals surface area contributed by atoms with Crippen LogP contribution in [0.5, 0.6) is 0 Å². The summed E-state index contributed by atoms with van der Waals surface area (Å²) in [5.41, 5.74) is 0. The van der Waals surface area contributed by atoms with Gasteiger partial charge in [0.1, 0.15) is 30.5 Å². The smallest absolute Gasteiger partial charge is 0.331 e. The number of esters is 4. The summed E-state index contributed by atoms with van der Waals surface area (Å²) in [6.07, 6.45) is 1.93. The molecule has 3 heterocycles. The molecule has 0 spiro atoms. The number of aliphatic carboxylic acids is 1. The van der Waals surface area contributed by atoms with Gasteiger partial charge in [0.15, 0.2) is 18.0 Å². The number of hydrogen-bond donors (Lipinski definition) is 1. The number of carbonyl (C=O) groups excluding carboxylic acids is 5. The van der Waals surface area contributed by atoms with Crippen LogP contribution in [-0.2, 0) is 61.9 Å². The lowest BCUT2D eigenvalue weighted by atomic mass is 10.0. The second kappa shape index (κ2) is 13.0. The molecule has 0 radical (unpaired) electrons. The number of carboxylic acid groups (broad SMARTS) is 1. The number of fused-ring (bicyclic) bond motifs is 2. The minimum atomic E-state index is -1.30. The van der Waals surface area contributed by atoms with Crippen molar-refractivity contribution >= 4 is 35.6 Å².